The summed E-state index contributed by atoms with van der Waals surface area (Å²) in [6.07, 6.45) is 12.0. The fourth-order valence-corrected chi connectivity index (χ4v) is 2.96. The van der Waals surface area contributed by atoms with Gasteiger partial charge in [-0.3, -0.25) is 9.11 Å². The fourth-order valence-electron chi connectivity index (χ4n) is 2.30. The van der Waals surface area contributed by atoms with E-state index in [2.05, 4.69) is 8.37 Å². The van der Waals surface area contributed by atoms with Crippen molar-refractivity contribution in [2.45, 2.75) is 77.0 Å². The average Bonchev–Trinajstić information content (AvgIpc) is 2.44. The van der Waals surface area contributed by atoms with Crippen molar-refractivity contribution in [2.75, 3.05) is 13.2 Å². The van der Waals surface area contributed by atoms with E-state index in [1.54, 1.807) is 0 Å². The van der Waals surface area contributed by atoms with Crippen LogP contribution in [-0.2, 0) is 29.2 Å². The number of rotatable bonds is 17. The SMILES string of the molecule is O=S(=O)(O)OCCCCCCCCCCCCCCOS(=O)(=O)O. The number of hydrogen-bond acceptors (Lipinski definition) is 6. The largest absolute Gasteiger partial charge is 0.397 e. The van der Waals surface area contributed by atoms with Crippen LogP contribution in [0.5, 0.6) is 0 Å². The van der Waals surface area contributed by atoms with Crippen LogP contribution in [0.1, 0.15) is 77.0 Å². The normalized spacial score (nSPS) is 12.6. The van der Waals surface area contributed by atoms with Crippen LogP contribution in [0.2, 0.25) is 0 Å². The van der Waals surface area contributed by atoms with Crippen LogP contribution in [0.4, 0.5) is 0 Å². The fraction of sp³-hybridized carbons (Fsp3) is 1.00. The molecule has 0 bridgehead atoms. The van der Waals surface area contributed by atoms with Crippen molar-refractivity contribution in [3.05, 3.63) is 0 Å². The first kappa shape index (κ1) is 23.7. The molecule has 146 valence electrons. The molecule has 0 aromatic heterocycles. The van der Waals surface area contributed by atoms with Gasteiger partial charge in [-0.05, 0) is 12.8 Å². The van der Waals surface area contributed by atoms with E-state index in [9.17, 15) is 16.8 Å². The molecule has 0 fully saturated rings. The average molecular weight is 391 g/mol. The van der Waals surface area contributed by atoms with Gasteiger partial charge in [-0.1, -0.05) is 64.2 Å². The Hall–Kier alpha value is -0.260. The van der Waals surface area contributed by atoms with Crippen LogP contribution in [0.3, 0.4) is 0 Å². The molecule has 0 aliphatic carbocycles. The van der Waals surface area contributed by atoms with Gasteiger partial charge in [-0.2, -0.15) is 16.8 Å². The molecule has 0 aromatic rings. The first-order valence-electron chi connectivity index (χ1n) is 8.44. The van der Waals surface area contributed by atoms with Crippen LogP contribution in [0.15, 0.2) is 0 Å². The highest BCUT2D eigenvalue weighted by Gasteiger charge is 2.03. The van der Waals surface area contributed by atoms with Crippen LogP contribution in [0.25, 0.3) is 0 Å². The second-order valence-electron chi connectivity index (χ2n) is 5.74. The molecule has 0 aromatic carbocycles. The molecule has 0 saturated heterocycles. The monoisotopic (exact) mass is 390 g/mol. The summed E-state index contributed by atoms with van der Waals surface area (Å²) in [5.74, 6) is 0. The summed E-state index contributed by atoms with van der Waals surface area (Å²) in [5.41, 5.74) is 0. The second kappa shape index (κ2) is 14.0. The topological polar surface area (TPSA) is 127 Å². The zero-order valence-electron chi connectivity index (χ0n) is 14.1. The molecular weight excluding hydrogens is 360 g/mol. The van der Waals surface area contributed by atoms with E-state index in [0.717, 1.165) is 51.4 Å². The van der Waals surface area contributed by atoms with Crippen molar-refractivity contribution < 1.29 is 34.3 Å². The molecule has 2 N–H and O–H groups in total. The lowest BCUT2D eigenvalue weighted by Crippen LogP contribution is -2.04. The lowest BCUT2D eigenvalue weighted by Gasteiger charge is -2.03. The minimum Gasteiger partial charge on any atom is -0.264 e. The van der Waals surface area contributed by atoms with Crippen molar-refractivity contribution in [3.63, 3.8) is 0 Å². The molecule has 0 aliphatic rings. The van der Waals surface area contributed by atoms with Gasteiger partial charge in [0.15, 0.2) is 0 Å². The summed E-state index contributed by atoms with van der Waals surface area (Å²) < 4.78 is 66.4. The van der Waals surface area contributed by atoms with Crippen molar-refractivity contribution >= 4 is 20.8 Å². The first-order valence-corrected chi connectivity index (χ1v) is 11.2. The predicted molar refractivity (Wildman–Crippen MR) is 90.4 cm³/mol. The van der Waals surface area contributed by atoms with Crippen LogP contribution in [0, 0.1) is 0 Å². The second-order valence-corrected chi connectivity index (χ2v) is 7.92. The van der Waals surface area contributed by atoms with E-state index in [1.165, 1.54) is 12.8 Å². The third-order valence-electron chi connectivity index (χ3n) is 3.50. The lowest BCUT2D eigenvalue weighted by atomic mass is 10.1. The number of hydrogen-bond donors (Lipinski definition) is 2. The van der Waals surface area contributed by atoms with Crippen molar-refractivity contribution in [1.29, 1.82) is 0 Å². The Kier molecular flexibility index (Phi) is 13.8. The van der Waals surface area contributed by atoms with Crippen molar-refractivity contribution in [1.82, 2.24) is 0 Å². The minimum absolute atomic E-state index is 0.0358. The van der Waals surface area contributed by atoms with Crippen LogP contribution in [-0.4, -0.2) is 39.2 Å². The Labute approximate surface area is 145 Å². The molecule has 0 radical (unpaired) electrons. The zero-order valence-corrected chi connectivity index (χ0v) is 15.7. The Morgan fingerprint density at radius 3 is 0.875 bits per heavy atom. The highest BCUT2D eigenvalue weighted by Crippen LogP contribution is 2.12. The summed E-state index contributed by atoms with van der Waals surface area (Å²) >= 11 is 0. The smallest absolute Gasteiger partial charge is 0.264 e. The molecule has 24 heavy (non-hydrogen) atoms. The first-order chi connectivity index (χ1) is 11.2. The molecule has 0 atom stereocenters. The molecule has 0 amide bonds. The highest BCUT2D eigenvalue weighted by atomic mass is 32.3. The van der Waals surface area contributed by atoms with Gasteiger partial charge < -0.3 is 0 Å². The van der Waals surface area contributed by atoms with E-state index in [1.807, 2.05) is 0 Å². The van der Waals surface area contributed by atoms with E-state index in [-0.39, 0.29) is 13.2 Å². The van der Waals surface area contributed by atoms with Gasteiger partial charge in [-0.15, -0.1) is 0 Å². The Bertz CT molecular complexity index is 441. The van der Waals surface area contributed by atoms with Gasteiger partial charge >= 0.3 is 20.8 Å². The summed E-state index contributed by atoms with van der Waals surface area (Å²) in [6, 6.07) is 0. The highest BCUT2D eigenvalue weighted by molar-refractivity contribution is 7.81. The molecular formula is C14H30O8S2. The predicted octanol–water partition coefficient (Wildman–Crippen LogP) is 3.31. The van der Waals surface area contributed by atoms with E-state index < -0.39 is 20.8 Å². The van der Waals surface area contributed by atoms with Gasteiger partial charge in [0.25, 0.3) is 0 Å². The summed E-state index contributed by atoms with van der Waals surface area (Å²) in [7, 11) is -8.59. The Balaban J connectivity index is 3.13. The maximum absolute atomic E-state index is 10.3. The molecule has 0 saturated carbocycles. The Morgan fingerprint density at radius 1 is 0.458 bits per heavy atom. The molecule has 0 rings (SSSR count). The van der Waals surface area contributed by atoms with Crippen molar-refractivity contribution in [3.8, 4) is 0 Å². The molecule has 10 heteroatoms. The van der Waals surface area contributed by atoms with Gasteiger partial charge in [0.1, 0.15) is 0 Å². The Morgan fingerprint density at radius 2 is 0.667 bits per heavy atom. The summed E-state index contributed by atoms with van der Waals surface area (Å²) in [6.45, 7) is 0.0716. The standard InChI is InChI=1S/C14H30O8S2/c15-23(16,17)21-13-11-9-7-5-3-1-2-4-6-8-10-12-14-22-24(18,19)20/h1-14H2,(H,15,16,17)(H,18,19,20). The van der Waals surface area contributed by atoms with Crippen molar-refractivity contribution in [2.24, 2.45) is 0 Å². The van der Waals surface area contributed by atoms with E-state index >= 15 is 0 Å². The van der Waals surface area contributed by atoms with Gasteiger partial charge in [0.2, 0.25) is 0 Å². The molecule has 8 nitrogen and oxygen atoms in total. The minimum atomic E-state index is -4.29. The quantitative estimate of drug-likeness (QED) is 0.286. The summed E-state index contributed by atoms with van der Waals surface area (Å²) in [5, 5.41) is 0. The third kappa shape index (κ3) is 21.7. The maximum atomic E-state index is 10.3. The third-order valence-corrected chi connectivity index (χ3v) is 4.43. The molecule has 0 spiro atoms. The zero-order chi connectivity index (χ0) is 18.3. The molecule has 0 aliphatic heterocycles. The molecule has 0 heterocycles. The van der Waals surface area contributed by atoms with Crippen LogP contribution >= 0.6 is 0 Å². The maximum Gasteiger partial charge on any atom is 0.397 e. The van der Waals surface area contributed by atoms with Gasteiger partial charge in [-0.25, -0.2) is 8.37 Å². The molecule has 0 unspecified atom stereocenters. The lowest BCUT2D eigenvalue weighted by molar-refractivity contribution is 0.260. The van der Waals surface area contributed by atoms with Gasteiger partial charge in [0, 0.05) is 0 Å². The van der Waals surface area contributed by atoms with Crippen LogP contribution < -0.4 is 0 Å². The number of unbranched alkanes of at least 4 members (excludes halogenated alkanes) is 11. The van der Waals surface area contributed by atoms with E-state index in [0.29, 0.717) is 12.8 Å². The van der Waals surface area contributed by atoms with E-state index in [4.69, 9.17) is 9.11 Å². The summed E-state index contributed by atoms with van der Waals surface area (Å²) in [4.78, 5) is 0. The van der Waals surface area contributed by atoms with Gasteiger partial charge in [0.05, 0.1) is 13.2 Å².